The first-order valence-corrected chi connectivity index (χ1v) is 6.49. The maximum absolute atomic E-state index is 3.96. The first kappa shape index (κ1) is 12.8. The van der Waals surface area contributed by atoms with E-state index < -0.39 is 0 Å². The molecule has 0 aliphatic carbocycles. The first-order valence-electron chi connectivity index (χ1n) is 6.49. The van der Waals surface area contributed by atoms with Gasteiger partial charge < -0.3 is 5.32 Å². The molecule has 96 valence electrons. The molecule has 0 saturated carbocycles. The second kappa shape index (κ2) is 5.83. The van der Waals surface area contributed by atoms with Gasteiger partial charge in [0.05, 0.1) is 5.69 Å². The van der Waals surface area contributed by atoms with E-state index in [1.54, 1.807) is 6.20 Å². The molecule has 3 nitrogen and oxygen atoms in total. The number of aromatic amines is 1. The molecule has 0 aliphatic rings. The van der Waals surface area contributed by atoms with Crippen molar-refractivity contribution in [3.05, 3.63) is 42.1 Å². The van der Waals surface area contributed by atoms with Crippen LogP contribution in [-0.2, 0) is 6.54 Å². The van der Waals surface area contributed by atoms with Crippen LogP contribution < -0.4 is 5.32 Å². The maximum atomic E-state index is 3.96. The summed E-state index contributed by atoms with van der Waals surface area (Å²) in [5.74, 6) is 0.661. The molecule has 2 rings (SSSR count). The van der Waals surface area contributed by atoms with Crippen molar-refractivity contribution >= 4 is 0 Å². The van der Waals surface area contributed by atoms with Crippen LogP contribution in [0.1, 0.15) is 26.3 Å². The fourth-order valence-electron chi connectivity index (χ4n) is 1.73. The summed E-state index contributed by atoms with van der Waals surface area (Å²) in [5, 5.41) is 10.5. The summed E-state index contributed by atoms with van der Waals surface area (Å²) in [4.78, 5) is 0. The molecule has 0 fully saturated rings. The molecule has 2 aromatic rings. The third-order valence-corrected chi connectivity index (χ3v) is 3.39. The molecule has 1 unspecified atom stereocenters. The van der Waals surface area contributed by atoms with Crippen LogP contribution in [0.15, 0.2) is 36.5 Å². The molecule has 2 N–H and O–H groups in total. The summed E-state index contributed by atoms with van der Waals surface area (Å²) in [7, 11) is 0. The minimum Gasteiger partial charge on any atom is -0.310 e. The number of rotatable bonds is 5. The Morgan fingerprint density at radius 2 is 1.83 bits per heavy atom. The van der Waals surface area contributed by atoms with Crippen molar-refractivity contribution in [3.63, 3.8) is 0 Å². The van der Waals surface area contributed by atoms with Crippen LogP contribution in [-0.4, -0.2) is 16.2 Å². The molecule has 0 radical (unpaired) electrons. The molecule has 1 aromatic heterocycles. The van der Waals surface area contributed by atoms with Gasteiger partial charge in [-0.2, -0.15) is 5.10 Å². The van der Waals surface area contributed by atoms with Crippen molar-refractivity contribution in [2.75, 3.05) is 0 Å². The molecule has 0 saturated heterocycles. The first-order chi connectivity index (χ1) is 8.66. The SMILES string of the molecule is CC(C)C(C)NCc1ccc(-c2ccn[nH]2)cc1. The number of H-pyrrole nitrogens is 1. The molecule has 0 bridgehead atoms. The van der Waals surface area contributed by atoms with E-state index in [9.17, 15) is 0 Å². The normalized spacial score (nSPS) is 12.9. The highest BCUT2D eigenvalue weighted by atomic mass is 15.1. The van der Waals surface area contributed by atoms with Crippen molar-refractivity contribution in [1.82, 2.24) is 15.5 Å². The van der Waals surface area contributed by atoms with E-state index in [2.05, 4.69) is 60.6 Å². The Hall–Kier alpha value is -1.61. The van der Waals surface area contributed by atoms with E-state index in [4.69, 9.17) is 0 Å². The van der Waals surface area contributed by atoms with Crippen LogP contribution in [0.3, 0.4) is 0 Å². The maximum Gasteiger partial charge on any atom is 0.0650 e. The van der Waals surface area contributed by atoms with E-state index in [1.165, 1.54) is 11.1 Å². The van der Waals surface area contributed by atoms with E-state index in [0.717, 1.165) is 12.2 Å². The highest BCUT2D eigenvalue weighted by Crippen LogP contribution is 2.16. The predicted octanol–water partition coefficient (Wildman–Crippen LogP) is 3.21. The Kier molecular flexibility index (Phi) is 4.15. The van der Waals surface area contributed by atoms with Crippen LogP contribution in [0, 0.1) is 5.92 Å². The van der Waals surface area contributed by atoms with Crippen molar-refractivity contribution in [2.45, 2.75) is 33.4 Å². The Bertz CT molecular complexity index is 457. The smallest absolute Gasteiger partial charge is 0.0650 e. The van der Waals surface area contributed by atoms with Crippen molar-refractivity contribution in [3.8, 4) is 11.3 Å². The monoisotopic (exact) mass is 243 g/mol. The minimum absolute atomic E-state index is 0.539. The minimum atomic E-state index is 0.539. The summed E-state index contributed by atoms with van der Waals surface area (Å²) in [6.07, 6.45) is 1.77. The molecule has 0 aliphatic heterocycles. The summed E-state index contributed by atoms with van der Waals surface area (Å²) >= 11 is 0. The number of nitrogens with one attached hydrogen (secondary N) is 2. The number of benzene rings is 1. The van der Waals surface area contributed by atoms with E-state index in [1.807, 2.05) is 6.07 Å². The summed E-state index contributed by atoms with van der Waals surface area (Å²) in [6, 6.07) is 11.1. The average molecular weight is 243 g/mol. The Labute approximate surface area is 109 Å². The molecule has 18 heavy (non-hydrogen) atoms. The van der Waals surface area contributed by atoms with Crippen molar-refractivity contribution in [1.29, 1.82) is 0 Å². The summed E-state index contributed by atoms with van der Waals surface area (Å²) in [5.41, 5.74) is 3.55. The largest absolute Gasteiger partial charge is 0.310 e. The standard InChI is InChI=1S/C15H21N3/c1-11(2)12(3)16-10-13-4-6-14(7-5-13)15-8-9-17-18-15/h4-9,11-12,16H,10H2,1-3H3,(H,17,18). The molecule has 1 atom stereocenters. The molecule has 3 heteroatoms. The lowest BCUT2D eigenvalue weighted by Crippen LogP contribution is -2.30. The molecule has 0 spiro atoms. The van der Waals surface area contributed by atoms with Gasteiger partial charge in [0, 0.05) is 18.8 Å². The van der Waals surface area contributed by atoms with Gasteiger partial charge in [-0.05, 0) is 30.0 Å². The second-order valence-electron chi connectivity index (χ2n) is 5.08. The molecule has 1 aromatic carbocycles. The predicted molar refractivity (Wildman–Crippen MR) is 75.2 cm³/mol. The third kappa shape index (κ3) is 3.20. The third-order valence-electron chi connectivity index (χ3n) is 3.39. The van der Waals surface area contributed by atoms with E-state index in [0.29, 0.717) is 12.0 Å². The van der Waals surface area contributed by atoms with Gasteiger partial charge in [-0.25, -0.2) is 0 Å². The van der Waals surface area contributed by atoms with Gasteiger partial charge in [-0.1, -0.05) is 38.1 Å². The van der Waals surface area contributed by atoms with Crippen LogP contribution in [0.5, 0.6) is 0 Å². The zero-order chi connectivity index (χ0) is 13.0. The number of hydrogen-bond acceptors (Lipinski definition) is 2. The Morgan fingerprint density at radius 1 is 1.11 bits per heavy atom. The summed E-state index contributed by atoms with van der Waals surface area (Å²) < 4.78 is 0. The average Bonchev–Trinajstić information content (AvgIpc) is 2.90. The van der Waals surface area contributed by atoms with Crippen molar-refractivity contribution in [2.24, 2.45) is 5.92 Å². The van der Waals surface area contributed by atoms with Gasteiger partial charge in [0.1, 0.15) is 0 Å². The Balaban J connectivity index is 1.96. The van der Waals surface area contributed by atoms with Gasteiger partial charge >= 0.3 is 0 Å². The zero-order valence-electron chi connectivity index (χ0n) is 11.3. The van der Waals surface area contributed by atoms with Crippen molar-refractivity contribution < 1.29 is 0 Å². The highest BCUT2D eigenvalue weighted by molar-refractivity contribution is 5.58. The number of aromatic nitrogens is 2. The lowest BCUT2D eigenvalue weighted by atomic mass is 10.1. The summed E-state index contributed by atoms with van der Waals surface area (Å²) in [6.45, 7) is 7.62. The molecule has 0 amide bonds. The lowest BCUT2D eigenvalue weighted by molar-refractivity contribution is 0.426. The van der Waals surface area contributed by atoms with Crippen LogP contribution in [0.4, 0.5) is 0 Å². The van der Waals surface area contributed by atoms with Gasteiger partial charge in [0.15, 0.2) is 0 Å². The number of hydrogen-bond donors (Lipinski definition) is 2. The van der Waals surface area contributed by atoms with Gasteiger partial charge in [0.2, 0.25) is 0 Å². The fraction of sp³-hybridized carbons (Fsp3) is 0.400. The quantitative estimate of drug-likeness (QED) is 0.846. The highest BCUT2D eigenvalue weighted by Gasteiger charge is 2.05. The van der Waals surface area contributed by atoms with Gasteiger partial charge in [-0.3, -0.25) is 5.10 Å². The fourth-order valence-corrected chi connectivity index (χ4v) is 1.73. The zero-order valence-corrected chi connectivity index (χ0v) is 11.3. The van der Waals surface area contributed by atoms with Crippen LogP contribution >= 0.6 is 0 Å². The number of nitrogens with zero attached hydrogens (tertiary/aromatic N) is 1. The van der Waals surface area contributed by atoms with E-state index in [-0.39, 0.29) is 0 Å². The molecular weight excluding hydrogens is 222 g/mol. The van der Waals surface area contributed by atoms with Gasteiger partial charge in [0.25, 0.3) is 0 Å². The van der Waals surface area contributed by atoms with Crippen LogP contribution in [0.25, 0.3) is 11.3 Å². The van der Waals surface area contributed by atoms with Gasteiger partial charge in [-0.15, -0.1) is 0 Å². The Morgan fingerprint density at radius 3 is 2.39 bits per heavy atom. The van der Waals surface area contributed by atoms with E-state index >= 15 is 0 Å². The lowest BCUT2D eigenvalue weighted by Gasteiger charge is -2.17. The molecule has 1 heterocycles. The topological polar surface area (TPSA) is 40.7 Å². The second-order valence-corrected chi connectivity index (χ2v) is 5.08. The molecular formula is C15H21N3. The van der Waals surface area contributed by atoms with Crippen LogP contribution in [0.2, 0.25) is 0 Å².